The number of aromatic nitrogens is 2. The van der Waals surface area contributed by atoms with Gasteiger partial charge in [-0.2, -0.15) is 0 Å². The van der Waals surface area contributed by atoms with Crippen LogP contribution in [0.25, 0.3) is 0 Å². The average molecular weight is 214 g/mol. The molecule has 0 aliphatic carbocycles. The first kappa shape index (κ1) is 11.4. The third-order valence-electron chi connectivity index (χ3n) is 1.94. The zero-order valence-corrected chi connectivity index (χ0v) is 8.67. The maximum absolute atomic E-state index is 11.8. The van der Waals surface area contributed by atoms with Crippen LogP contribution < -0.4 is 5.73 Å². The molecule has 1 amide bonds. The first-order valence-electron chi connectivity index (χ1n) is 4.57. The second kappa shape index (κ2) is 4.74. The zero-order valence-electron chi connectivity index (χ0n) is 8.67. The van der Waals surface area contributed by atoms with E-state index in [0.29, 0.717) is 0 Å². The summed E-state index contributed by atoms with van der Waals surface area (Å²) in [6.07, 6.45) is 0. The van der Waals surface area contributed by atoms with Crippen molar-refractivity contribution >= 4 is 11.7 Å². The van der Waals surface area contributed by atoms with Gasteiger partial charge in [0.25, 0.3) is 5.91 Å². The number of aliphatic hydroxyl groups excluding tert-OH is 1. The monoisotopic (exact) mass is 214 g/mol. The highest BCUT2D eigenvalue weighted by Crippen LogP contribution is 2.10. The summed E-state index contributed by atoms with van der Waals surface area (Å²) >= 11 is 0. The number of nitrogens with zero attached hydrogens (tertiary/aromatic N) is 3. The normalized spacial score (nSPS) is 10.7. The van der Waals surface area contributed by atoms with E-state index in [4.69, 9.17) is 10.8 Å². The smallest absolute Gasteiger partial charge is 0.280 e. The zero-order chi connectivity index (χ0) is 11.4. The Morgan fingerprint density at radius 2 is 2.27 bits per heavy atom. The highest BCUT2D eigenvalue weighted by atomic mass is 16.6. The molecule has 0 saturated carbocycles. The van der Waals surface area contributed by atoms with E-state index in [-0.39, 0.29) is 30.7 Å². The molecule has 1 rings (SSSR count). The van der Waals surface area contributed by atoms with Gasteiger partial charge in [-0.15, -0.1) is 0 Å². The number of nitrogen functional groups attached to an aromatic ring is 1. The summed E-state index contributed by atoms with van der Waals surface area (Å²) in [5.74, 6) is -0.429. The summed E-state index contributed by atoms with van der Waals surface area (Å²) < 4.78 is 4.34. The van der Waals surface area contributed by atoms with Crippen molar-refractivity contribution in [1.82, 2.24) is 15.2 Å². The number of hydrogen-bond donors (Lipinski definition) is 2. The van der Waals surface area contributed by atoms with Crippen molar-refractivity contribution in [2.45, 2.75) is 19.9 Å². The van der Waals surface area contributed by atoms with Gasteiger partial charge in [0.15, 0.2) is 0 Å². The standard InChI is InChI=1S/C8H14N4O3/c1-5(2)12(3-4-13)8(14)6-7(9)11-15-10-6/h5,13H,3-4H2,1-2H3,(H2,9,11). The van der Waals surface area contributed by atoms with Crippen molar-refractivity contribution in [1.29, 1.82) is 0 Å². The Labute approximate surface area is 86.8 Å². The van der Waals surface area contributed by atoms with Crippen LogP contribution in [0.15, 0.2) is 4.63 Å². The Morgan fingerprint density at radius 3 is 2.67 bits per heavy atom. The largest absolute Gasteiger partial charge is 0.395 e. The summed E-state index contributed by atoms with van der Waals surface area (Å²) in [5.41, 5.74) is 5.38. The van der Waals surface area contributed by atoms with Crippen LogP contribution in [0.3, 0.4) is 0 Å². The molecule has 0 spiro atoms. The Balaban J connectivity index is 2.86. The summed E-state index contributed by atoms with van der Waals surface area (Å²) in [7, 11) is 0. The van der Waals surface area contributed by atoms with E-state index < -0.39 is 5.91 Å². The molecule has 0 saturated heterocycles. The fourth-order valence-electron chi connectivity index (χ4n) is 1.18. The lowest BCUT2D eigenvalue weighted by molar-refractivity contribution is 0.0655. The van der Waals surface area contributed by atoms with Gasteiger partial charge in [-0.3, -0.25) is 4.79 Å². The van der Waals surface area contributed by atoms with E-state index >= 15 is 0 Å². The number of amides is 1. The highest BCUT2D eigenvalue weighted by Gasteiger charge is 2.24. The first-order chi connectivity index (χ1) is 7.07. The van der Waals surface area contributed by atoms with Gasteiger partial charge in [0.2, 0.25) is 11.5 Å². The predicted molar refractivity (Wildman–Crippen MR) is 52.0 cm³/mol. The lowest BCUT2D eigenvalue weighted by Crippen LogP contribution is -2.39. The molecule has 1 heterocycles. The van der Waals surface area contributed by atoms with Crippen molar-refractivity contribution in [3.63, 3.8) is 0 Å². The number of aliphatic hydroxyl groups is 1. The SMILES string of the molecule is CC(C)N(CCO)C(=O)c1nonc1N. The van der Waals surface area contributed by atoms with E-state index in [1.165, 1.54) is 4.90 Å². The lowest BCUT2D eigenvalue weighted by atomic mass is 10.2. The second-order valence-corrected chi connectivity index (χ2v) is 3.31. The van der Waals surface area contributed by atoms with Crippen molar-refractivity contribution in [2.24, 2.45) is 0 Å². The number of nitrogens with two attached hydrogens (primary N) is 1. The Bertz CT molecular complexity index is 336. The summed E-state index contributed by atoms with van der Waals surface area (Å²) in [6.45, 7) is 3.77. The van der Waals surface area contributed by atoms with Gasteiger partial charge in [0.1, 0.15) is 0 Å². The Hall–Kier alpha value is -1.63. The lowest BCUT2D eigenvalue weighted by Gasteiger charge is -2.24. The molecule has 84 valence electrons. The molecular weight excluding hydrogens is 200 g/mol. The first-order valence-corrected chi connectivity index (χ1v) is 4.57. The van der Waals surface area contributed by atoms with Crippen molar-refractivity contribution in [3.05, 3.63) is 5.69 Å². The van der Waals surface area contributed by atoms with Crippen molar-refractivity contribution < 1.29 is 14.5 Å². The van der Waals surface area contributed by atoms with Gasteiger partial charge in [-0.05, 0) is 24.2 Å². The highest BCUT2D eigenvalue weighted by molar-refractivity contribution is 5.96. The van der Waals surface area contributed by atoms with Crippen LogP contribution in [0.5, 0.6) is 0 Å². The fourth-order valence-corrected chi connectivity index (χ4v) is 1.18. The molecule has 7 heteroatoms. The quantitative estimate of drug-likeness (QED) is 0.699. The van der Waals surface area contributed by atoms with Crippen LogP contribution in [0.4, 0.5) is 5.82 Å². The number of carbonyl (C=O) groups excluding carboxylic acids is 1. The van der Waals surface area contributed by atoms with E-state index in [2.05, 4.69) is 14.9 Å². The van der Waals surface area contributed by atoms with Crippen LogP contribution in [-0.4, -0.2) is 45.4 Å². The number of carbonyl (C=O) groups is 1. The molecule has 15 heavy (non-hydrogen) atoms. The number of rotatable bonds is 4. The molecule has 0 aliphatic heterocycles. The minimum Gasteiger partial charge on any atom is -0.395 e. The van der Waals surface area contributed by atoms with Crippen LogP contribution in [0, 0.1) is 0 Å². The molecule has 0 aromatic carbocycles. The predicted octanol–water partition coefficient (Wildman–Crippen LogP) is -0.505. The third kappa shape index (κ3) is 2.44. The fraction of sp³-hybridized carbons (Fsp3) is 0.625. The Kier molecular flexibility index (Phi) is 3.62. The van der Waals surface area contributed by atoms with Crippen molar-refractivity contribution in [3.8, 4) is 0 Å². The molecule has 0 aliphatic rings. The molecular formula is C8H14N4O3. The van der Waals surface area contributed by atoms with E-state index in [1.54, 1.807) is 0 Å². The van der Waals surface area contributed by atoms with E-state index in [1.807, 2.05) is 13.8 Å². The molecule has 0 radical (unpaired) electrons. The van der Waals surface area contributed by atoms with Gasteiger partial charge >= 0.3 is 0 Å². The van der Waals surface area contributed by atoms with Crippen LogP contribution >= 0.6 is 0 Å². The molecule has 0 unspecified atom stereocenters. The minimum absolute atomic E-state index is 0.0165. The van der Waals surface area contributed by atoms with Crippen molar-refractivity contribution in [2.75, 3.05) is 18.9 Å². The van der Waals surface area contributed by atoms with Gasteiger partial charge in [-0.1, -0.05) is 0 Å². The van der Waals surface area contributed by atoms with Gasteiger partial charge in [0, 0.05) is 12.6 Å². The molecule has 1 aromatic rings. The maximum atomic E-state index is 11.8. The molecule has 0 bridgehead atoms. The summed E-state index contributed by atoms with van der Waals surface area (Å²) in [4.78, 5) is 13.3. The molecule has 1 aromatic heterocycles. The van der Waals surface area contributed by atoms with Gasteiger partial charge in [-0.25, -0.2) is 4.63 Å². The molecule has 7 nitrogen and oxygen atoms in total. The Morgan fingerprint density at radius 1 is 1.60 bits per heavy atom. The van der Waals surface area contributed by atoms with E-state index in [9.17, 15) is 4.79 Å². The van der Waals surface area contributed by atoms with E-state index in [0.717, 1.165) is 0 Å². The summed E-state index contributed by atoms with van der Waals surface area (Å²) in [6, 6.07) is -0.0549. The van der Waals surface area contributed by atoms with Gasteiger partial charge in [0.05, 0.1) is 6.61 Å². The summed E-state index contributed by atoms with van der Waals surface area (Å²) in [5, 5.41) is 15.6. The second-order valence-electron chi connectivity index (χ2n) is 3.31. The topological polar surface area (TPSA) is 105 Å². The van der Waals surface area contributed by atoms with Gasteiger partial charge < -0.3 is 15.7 Å². The number of anilines is 1. The maximum Gasteiger partial charge on any atom is 0.280 e. The van der Waals surface area contributed by atoms with Crippen LogP contribution in [-0.2, 0) is 0 Å². The molecule has 3 N–H and O–H groups in total. The minimum atomic E-state index is -0.391. The number of hydrogen-bond acceptors (Lipinski definition) is 6. The average Bonchev–Trinajstić information content (AvgIpc) is 2.59. The molecule has 0 fully saturated rings. The van der Waals surface area contributed by atoms with Crippen LogP contribution in [0.2, 0.25) is 0 Å². The van der Waals surface area contributed by atoms with Crippen LogP contribution in [0.1, 0.15) is 24.3 Å². The molecule has 0 atom stereocenters. The third-order valence-corrected chi connectivity index (χ3v) is 1.94.